The molecule has 1 aliphatic rings. The molecule has 1 saturated carbocycles. The van der Waals surface area contributed by atoms with Gasteiger partial charge in [0, 0.05) is 47.1 Å². The van der Waals surface area contributed by atoms with Gasteiger partial charge in [0.1, 0.15) is 4.90 Å². The second-order valence-electron chi connectivity index (χ2n) is 10.2. The molecule has 0 aliphatic heterocycles. The van der Waals surface area contributed by atoms with Crippen molar-refractivity contribution in [2.75, 3.05) is 11.9 Å². The zero-order chi connectivity index (χ0) is 30.6. The summed E-state index contributed by atoms with van der Waals surface area (Å²) in [4.78, 5) is 25.7. The fourth-order valence-corrected chi connectivity index (χ4v) is 6.11. The number of carbonyl (C=O) groups excluding carboxylic acids is 1. The highest BCUT2D eigenvalue weighted by atomic mass is 127. The molecule has 13 heteroatoms. The summed E-state index contributed by atoms with van der Waals surface area (Å²) in [6.45, 7) is 1.71. The van der Waals surface area contributed by atoms with Crippen LogP contribution in [-0.2, 0) is 28.0 Å². The van der Waals surface area contributed by atoms with E-state index >= 15 is 8.78 Å². The number of nitrogens with one attached hydrogen (secondary N) is 2. The number of carbonyl (C=O) groups is 1. The molecule has 2 N–H and O–H groups in total. The number of hydroxylamine groups is 1. The van der Waals surface area contributed by atoms with Gasteiger partial charge in [-0.25, -0.2) is 22.7 Å². The summed E-state index contributed by atoms with van der Waals surface area (Å²) < 4.78 is 61.8. The molecule has 0 radical (unpaired) electrons. The van der Waals surface area contributed by atoms with Gasteiger partial charge in [0.2, 0.25) is 10.0 Å². The normalized spacial score (nSPS) is 13.2. The van der Waals surface area contributed by atoms with E-state index in [9.17, 15) is 13.2 Å². The second-order valence-corrected chi connectivity index (χ2v) is 13.3. The van der Waals surface area contributed by atoms with E-state index in [0.717, 1.165) is 32.3 Å². The number of hydrogen-bond donors (Lipinski definition) is 2. The van der Waals surface area contributed by atoms with Crippen LogP contribution in [-0.4, -0.2) is 35.2 Å². The number of rotatable bonds is 12. The number of halogens is 3. The molecule has 0 bridgehead atoms. The molecule has 0 atom stereocenters. The Morgan fingerprint density at radius 3 is 2.23 bits per heavy atom. The maximum Gasteiger partial charge on any atom is 0.277 e. The number of nitrogens with zero attached hydrogens (tertiary/aromatic N) is 3. The van der Waals surface area contributed by atoms with E-state index < -0.39 is 43.7 Å². The highest BCUT2D eigenvalue weighted by Crippen LogP contribution is 2.34. The lowest BCUT2D eigenvalue weighted by Gasteiger charge is -2.24. The first-order valence-electron chi connectivity index (χ1n) is 13.4. The summed E-state index contributed by atoms with van der Waals surface area (Å²) in [6, 6.07) is 12.6. The van der Waals surface area contributed by atoms with Crippen LogP contribution in [0.3, 0.4) is 0 Å². The van der Waals surface area contributed by atoms with Gasteiger partial charge in [-0.05, 0) is 101 Å². The van der Waals surface area contributed by atoms with Crippen LogP contribution >= 0.6 is 22.6 Å². The predicted octanol–water partition coefficient (Wildman–Crippen LogP) is 5.87. The van der Waals surface area contributed by atoms with Crippen LogP contribution in [0.4, 0.5) is 20.2 Å². The monoisotopic (exact) mass is 719 g/mol. The molecule has 0 unspecified atom stereocenters. The fraction of sp³-hybridized carbons (Fsp3) is 0.233. The smallest absolute Gasteiger partial charge is 0.277 e. The van der Waals surface area contributed by atoms with Gasteiger partial charge in [-0.1, -0.05) is 12.1 Å². The first kappa shape index (κ1) is 30.9. The number of amides is 1. The Morgan fingerprint density at radius 1 is 1.02 bits per heavy atom. The second kappa shape index (κ2) is 13.4. The molecule has 1 aliphatic carbocycles. The van der Waals surface area contributed by atoms with E-state index in [4.69, 9.17) is 4.84 Å². The molecule has 2 aromatic heterocycles. The Bertz CT molecular complexity index is 1680. The molecule has 9 nitrogen and oxygen atoms in total. The summed E-state index contributed by atoms with van der Waals surface area (Å²) in [5.41, 5.74) is 3.60. The average Bonchev–Trinajstić information content (AvgIpc) is 3.82. The van der Waals surface area contributed by atoms with Gasteiger partial charge in [-0.2, -0.15) is 4.31 Å². The quantitative estimate of drug-likeness (QED) is 0.139. The van der Waals surface area contributed by atoms with Crippen LogP contribution in [0.5, 0.6) is 0 Å². The number of pyridine rings is 2. The average molecular weight is 720 g/mol. The molecule has 5 rings (SSSR count). The van der Waals surface area contributed by atoms with E-state index in [2.05, 4.69) is 43.4 Å². The molecular formula is C30H28F2IN5O4S. The van der Waals surface area contributed by atoms with Crippen LogP contribution in [0.25, 0.3) is 0 Å². The zero-order valence-electron chi connectivity index (χ0n) is 23.1. The van der Waals surface area contributed by atoms with Crippen molar-refractivity contribution in [3.63, 3.8) is 0 Å². The van der Waals surface area contributed by atoms with Gasteiger partial charge in [-0.3, -0.25) is 19.6 Å². The third-order valence-electron chi connectivity index (χ3n) is 6.81. The summed E-state index contributed by atoms with van der Waals surface area (Å²) in [5.74, 6) is -3.76. The largest absolute Gasteiger partial charge is 0.352 e. The summed E-state index contributed by atoms with van der Waals surface area (Å²) in [7, 11) is -4.72. The van der Waals surface area contributed by atoms with Crippen molar-refractivity contribution in [2.24, 2.45) is 5.92 Å². The van der Waals surface area contributed by atoms with E-state index in [-0.39, 0.29) is 19.7 Å². The highest BCUT2D eigenvalue weighted by Gasteiger charge is 2.34. The fourth-order valence-electron chi connectivity index (χ4n) is 4.28. The summed E-state index contributed by atoms with van der Waals surface area (Å²) in [6.07, 6.45) is 7.97. The minimum absolute atomic E-state index is 0.194. The Balaban J connectivity index is 1.58. The lowest BCUT2D eigenvalue weighted by atomic mass is 10.1. The van der Waals surface area contributed by atoms with Crippen LogP contribution in [0.1, 0.15) is 39.9 Å². The number of anilines is 2. The maximum absolute atomic E-state index is 15.9. The Hall–Kier alpha value is -3.53. The number of aryl methyl sites for hydroxylation is 1. The highest BCUT2D eigenvalue weighted by molar-refractivity contribution is 14.1. The Morgan fingerprint density at radius 2 is 1.67 bits per heavy atom. The van der Waals surface area contributed by atoms with Crippen molar-refractivity contribution >= 4 is 49.9 Å². The number of benzene rings is 2. The molecule has 224 valence electrons. The van der Waals surface area contributed by atoms with E-state index in [1.807, 2.05) is 6.92 Å². The molecule has 0 saturated heterocycles. The van der Waals surface area contributed by atoms with E-state index in [1.54, 1.807) is 42.5 Å². The van der Waals surface area contributed by atoms with E-state index in [1.165, 1.54) is 24.8 Å². The molecule has 2 heterocycles. The van der Waals surface area contributed by atoms with Gasteiger partial charge >= 0.3 is 0 Å². The predicted molar refractivity (Wildman–Crippen MR) is 165 cm³/mol. The minimum Gasteiger partial charge on any atom is -0.352 e. The lowest BCUT2D eigenvalue weighted by molar-refractivity contribution is 0.0270. The SMILES string of the molecule is Cc1cc(Nc2c(C(=O)NOCC3CC3)cc(S(=O)(=O)N(Cc3cccnc3)Cc3cccnc3)c(F)c2F)ccc1I. The van der Waals surface area contributed by atoms with Gasteiger partial charge in [0.05, 0.1) is 17.9 Å². The van der Waals surface area contributed by atoms with E-state index in [0.29, 0.717) is 22.7 Å². The first-order valence-corrected chi connectivity index (χ1v) is 15.9. The van der Waals surface area contributed by atoms with Crippen molar-refractivity contribution in [1.29, 1.82) is 0 Å². The minimum atomic E-state index is -4.72. The lowest BCUT2D eigenvalue weighted by Crippen LogP contribution is -2.32. The van der Waals surface area contributed by atoms with Crippen LogP contribution < -0.4 is 10.8 Å². The maximum atomic E-state index is 15.9. The van der Waals surface area contributed by atoms with Crippen molar-refractivity contribution in [3.8, 4) is 0 Å². The van der Waals surface area contributed by atoms with Crippen molar-refractivity contribution < 1.29 is 26.8 Å². The van der Waals surface area contributed by atoms with Gasteiger partial charge in [0.15, 0.2) is 11.6 Å². The molecular weight excluding hydrogens is 691 g/mol. The zero-order valence-corrected chi connectivity index (χ0v) is 26.0. The molecule has 43 heavy (non-hydrogen) atoms. The molecule has 4 aromatic rings. The molecule has 2 aromatic carbocycles. The summed E-state index contributed by atoms with van der Waals surface area (Å²) in [5, 5.41) is 2.77. The summed E-state index contributed by atoms with van der Waals surface area (Å²) >= 11 is 2.14. The molecule has 1 fully saturated rings. The third-order valence-corrected chi connectivity index (χ3v) is 9.81. The number of aromatic nitrogens is 2. The van der Waals surface area contributed by atoms with Crippen LogP contribution in [0.15, 0.2) is 78.2 Å². The Kier molecular flexibility index (Phi) is 9.64. The first-order chi connectivity index (χ1) is 20.6. The number of hydrogen-bond acceptors (Lipinski definition) is 7. The topological polar surface area (TPSA) is 114 Å². The molecule has 0 spiro atoms. The number of sulfonamides is 1. The van der Waals surface area contributed by atoms with Gasteiger partial charge in [0.25, 0.3) is 5.91 Å². The third kappa shape index (κ3) is 7.52. The van der Waals surface area contributed by atoms with Gasteiger partial charge in [-0.15, -0.1) is 0 Å². The van der Waals surface area contributed by atoms with Crippen LogP contribution in [0.2, 0.25) is 0 Å². The van der Waals surface area contributed by atoms with Crippen molar-refractivity contribution in [2.45, 2.75) is 37.8 Å². The van der Waals surface area contributed by atoms with Crippen molar-refractivity contribution in [1.82, 2.24) is 19.8 Å². The van der Waals surface area contributed by atoms with Crippen molar-refractivity contribution in [3.05, 3.63) is 111 Å². The van der Waals surface area contributed by atoms with Gasteiger partial charge < -0.3 is 5.32 Å². The van der Waals surface area contributed by atoms with Crippen LogP contribution in [0, 0.1) is 28.0 Å². The standard InChI is InChI=1S/C30H28F2IN5O4S/c1-19-12-23(8-9-25(19)33)36-29-24(30(39)37-42-18-20-6-7-20)13-26(27(31)28(29)32)43(40,41)38(16-21-4-2-10-34-14-21)17-22-5-3-11-35-15-22/h2-5,8-15,20,36H,6-7,16-18H2,1H3,(H,37,39). The Labute approximate surface area is 261 Å². The molecule has 1 amide bonds.